The molecule has 1 saturated carbocycles. The quantitative estimate of drug-likeness (QED) is 0.762. The van der Waals surface area contributed by atoms with Gasteiger partial charge in [0, 0.05) is 17.8 Å². The van der Waals surface area contributed by atoms with Gasteiger partial charge in [-0.2, -0.15) is 13.2 Å². The number of aryl methyl sites for hydroxylation is 1. The smallest absolute Gasteiger partial charge is 0.395 e. The highest BCUT2D eigenvalue weighted by molar-refractivity contribution is 6.04. The Bertz CT molecular complexity index is 933. The molecule has 1 fully saturated rings. The molecule has 0 aromatic carbocycles. The van der Waals surface area contributed by atoms with E-state index in [1.165, 1.54) is 24.8 Å². The summed E-state index contributed by atoms with van der Waals surface area (Å²) < 4.78 is 38.0. The van der Waals surface area contributed by atoms with E-state index in [-0.39, 0.29) is 17.4 Å². The van der Waals surface area contributed by atoms with Crippen molar-refractivity contribution >= 4 is 23.1 Å². The molecule has 1 amide bonds. The highest BCUT2D eigenvalue weighted by atomic mass is 19.4. The third kappa shape index (κ3) is 4.90. The Kier molecular flexibility index (Phi) is 5.39. The summed E-state index contributed by atoms with van der Waals surface area (Å²) in [7, 11) is 0. The number of amides is 1. The van der Waals surface area contributed by atoms with Gasteiger partial charge < -0.3 is 11.1 Å². The molecule has 28 heavy (non-hydrogen) atoms. The van der Waals surface area contributed by atoms with Crippen LogP contribution in [0.25, 0.3) is 0 Å². The van der Waals surface area contributed by atoms with Crippen LogP contribution in [0.4, 0.5) is 24.7 Å². The molecule has 146 valence electrons. The molecule has 1 aliphatic rings. The first-order valence-electron chi connectivity index (χ1n) is 8.41. The predicted molar refractivity (Wildman–Crippen MR) is 97.1 cm³/mol. The molecule has 2 aromatic rings. The normalized spacial score (nSPS) is 15.4. The number of nitrogens with zero attached hydrogens (tertiary/aromatic N) is 4. The van der Waals surface area contributed by atoms with Crippen molar-refractivity contribution in [2.45, 2.75) is 25.9 Å². The number of rotatable bonds is 5. The predicted octanol–water partition coefficient (Wildman–Crippen LogP) is 3.32. The Morgan fingerprint density at radius 3 is 2.61 bits per heavy atom. The fraction of sp³-hybridized carbons (Fsp3) is 0.278. The number of hydrogen-bond acceptors (Lipinski definition) is 6. The van der Waals surface area contributed by atoms with Crippen molar-refractivity contribution in [1.82, 2.24) is 15.0 Å². The molecule has 0 bridgehead atoms. The molecule has 0 unspecified atom stereocenters. The number of alkyl halides is 3. The Hall–Kier alpha value is -3.30. The standard InChI is InChI=1S/C18H17F3N6O/c1-10-13(8-23-9-25-10)17(28)26-12-4-5-16(24-7-12)27-14(11-2-3-11)6-15(22)18(19,20)21/h4-9,11H,2-3,22H2,1H3,(H,26,28). The lowest BCUT2D eigenvalue weighted by molar-refractivity contribution is -0.0925. The van der Waals surface area contributed by atoms with E-state index in [2.05, 4.69) is 25.3 Å². The van der Waals surface area contributed by atoms with E-state index < -0.39 is 17.8 Å². The molecular formula is C18H17F3N6O. The number of carbonyl (C=O) groups is 1. The first-order valence-corrected chi connectivity index (χ1v) is 8.41. The summed E-state index contributed by atoms with van der Waals surface area (Å²) in [6.45, 7) is 1.69. The average Bonchev–Trinajstić information content (AvgIpc) is 3.47. The zero-order chi connectivity index (χ0) is 20.3. The van der Waals surface area contributed by atoms with Gasteiger partial charge >= 0.3 is 6.18 Å². The van der Waals surface area contributed by atoms with Gasteiger partial charge in [-0.05, 0) is 38.0 Å². The topological polar surface area (TPSA) is 106 Å². The molecule has 3 rings (SSSR count). The molecule has 0 aliphatic heterocycles. The first kappa shape index (κ1) is 19.5. The molecule has 2 aromatic heterocycles. The molecule has 2 heterocycles. The van der Waals surface area contributed by atoms with E-state index in [9.17, 15) is 18.0 Å². The zero-order valence-electron chi connectivity index (χ0n) is 14.9. The summed E-state index contributed by atoms with van der Waals surface area (Å²) in [5, 5.41) is 2.66. The molecule has 0 spiro atoms. The molecular weight excluding hydrogens is 373 g/mol. The largest absolute Gasteiger partial charge is 0.430 e. The molecule has 7 nitrogen and oxygen atoms in total. The van der Waals surface area contributed by atoms with Gasteiger partial charge in [-0.25, -0.2) is 19.9 Å². The second kappa shape index (κ2) is 7.75. The molecule has 0 atom stereocenters. The van der Waals surface area contributed by atoms with Gasteiger partial charge in [-0.3, -0.25) is 4.79 Å². The van der Waals surface area contributed by atoms with Gasteiger partial charge in [0.25, 0.3) is 5.91 Å². The maximum atomic E-state index is 12.7. The minimum absolute atomic E-state index is 0.0527. The third-order valence-corrected chi connectivity index (χ3v) is 4.03. The Morgan fingerprint density at radius 1 is 1.29 bits per heavy atom. The van der Waals surface area contributed by atoms with Crippen molar-refractivity contribution in [2.24, 2.45) is 16.6 Å². The Labute approximate surface area is 158 Å². The maximum absolute atomic E-state index is 12.7. The van der Waals surface area contributed by atoms with Gasteiger partial charge in [0.1, 0.15) is 12.0 Å². The zero-order valence-corrected chi connectivity index (χ0v) is 14.9. The lowest BCUT2D eigenvalue weighted by atomic mass is 10.2. The van der Waals surface area contributed by atoms with Crippen molar-refractivity contribution in [3.8, 4) is 0 Å². The van der Waals surface area contributed by atoms with Crippen molar-refractivity contribution in [1.29, 1.82) is 0 Å². The van der Waals surface area contributed by atoms with Crippen LogP contribution >= 0.6 is 0 Å². The van der Waals surface area contributed by atoms with Gasteiger partial charge in [0.05, 0.1) is 23.1 Å². The summed E-state index contributed by atoms with van der Waals surface area (Å²) in [5.41, 5.74) is 5.42. The van der Waals surface area contributed by atoms with Crippen molar-refractivity contribution in [3.05, 3.63) is 53.9 Å². The molecule has 10 heteroatoms. The Balaban J connectivity index is 1.75. The molecule has 0 saturated heterocycles. The highest BCUT2D eigenvalue weighted by Crippen LogP contribution is 2.34. The van der Waals surface area contributed by atoms with E-state index in [1.807, 2.05) is 0 Å². The summed E-state index contributed by atoms with van der Waals surface area (Å²) in [6, 6.07) is 3.06. The van der Waals surface area contributed by atoms with Crippen LogP contribution in [0, 0.1) is 12.8 Å². The first-order chi connectivity index (χ1) is 13.2. The van der Waals surface area contributed by atoms with Crippen molar-refractivity contribution in [3.63, 3.8) is 0 Å². The van der Waals surface area contributed by atoms with Crippen LogP contribution in [-0.2, 0) is 0 Å². The number of aliphatic imine (C=N–C) groups is 1. The number of aromatic nitrogens is 3. The fourth-order valence-electron chi connectivity index (χ4n) is 2.33. The van der Waals surface area contributed by atoms with E-state index >= 15 is 0 Å². The van der Waals surface area contributed by atoms with Crippen molar-refractivity contribution in [2.75, 3.05) is 5.32 Å². The third-order valence-electron chi connectivity index (χ3n) is 4.03. The van der Waals surface area contributed by atoms with Gasteiger partial charge in [-0.15, -0.1) is 0 Å². The monoisotopic (exact) mass is 390 g/mol. The average molecular weight is 390 g/mol. The highest BCUT2D eigenvalue weighted by Gasteiger charge is 2.34. The number of halogens is 3. The molecule has 0 radical (unpaired) electrons. The number of hydrogen-bond donors (Lipinski definition) is 2. The number of anilines is 1. The summed E-state index contributed by atoms with van der Waals surface area (Å²) >= 11 is 0. The van der Waals surface area contributed by atoms with Crippen LogP contribution in [-0.4, -0.2) is 32.7 Å². The minimum Gasteiger partial charge on any atom is -0.395 e. The number of pyridine rings is 1. The molecule has 3 N–H and O–H groups in total. The second-order valence-electron chi connectivity index (χ2n) is 6.29. The van der Waals surface area contributed by atoms with Gasteiger partial charge in [0.2, 0.25) is 0 Å². The lowest BCUT2D eigenvalue weighted by Gasteiger charge is -2.08. The Morgan fingerprint density at radius 2 is 2.04 bits per heavy atom. The minimum atomic E-state index is -4.60. The SMILES string of the molecule is Cc1ncncc1C(=O)Nc1ccc(N=C(C=C(N)C(F)(F)F)C2CC2)nc1. The van der Waals surface area contributed by atoms with E-state index in [4.69, 9.17) is 5.73 Å². The van der Waals surface area contributed by atoms with Gasteiger partial charge in [0.15, 0.2) is 5.82 Å². The van der Waals surface area contributed by atoms with Crippen LogP contribution in [0.15, 0.2) is 47.6 Å². The van der Waals surface area contributed by atoms with E-state index in [0.29, 0.717) is 16.9 Å². The van der Waals surface area contributed by atoms with Crippen LogP contribution in [0.2, 0.25) is 0 Å². The summed E-state index contributed by atoms with van der Waals surface area (Å²) in [6.07, 6.45) is 1.89. The van der Waals surface area contributed by atoms with Crippen molar-refractivity contribution < 1.29 is 18.0 Å². The summed E-state index contributed by atoms with van der Waals surface area (Å²) in [4.78, 5) is 28.3. The number of carbonyl (C=O) groups excluding carboxylic acids is 1. The number of nitrogens with two attached hydrogens (primary N) is 1. The van der Waals surface area contributed by atoms with Crippen LogP contribution in [0.3, 0.4) is 0 Å². The van der Waals surface area contributed by atoms with E-state index in [0.717, 1.165) is 18.9 Å². The number of allylic oxidation sites excluding steroid dienone is 2. The van der Waals surface area contributed by atoms with Crippen LogP contribution in [0.5, 0.6) is 0 Å². The lowest BCUT2D eigenvalue weighted by Crippen LogP contribution is -2.21. The van der Waals surface area contributed by atoms with Crippen LogP contribution < -0.4 is 11.1 Å². The maximum Gasteiger partial charge on any atom is 0.430 e. The molecule has 1 aliphatic carbocycles. The van der Waals surface area contributed by atoms with Crippen LogP contribution in [0.1, 0.15) is 28.9 Å². The second-order valence-corrected chi connectivity index (χ2v) is 6.29. The number of nitrogens with one attached hydrogen (secondary N) is 1. The fourth-order valence-corrected chi connectivity index (χ4v) is 2.33. The van der Waals surface area contributed by atoms with Gasteiger partial charge in [-0.1, -0.05) is 0 Å². The van der Waals surface area contributed by atoms with E-state index in [1.54, 1.807) is 13.0 Å². The summed E-state index contributed by atoms with van der Waals surface area (Å²) in [5.74, 6) is -0.218.